The predicted molar refractivity (Wildman–Crippen MR) is 69.9 cm³/mol. The summed E-state index contributed by atoms with van der Waals surface area (Å²) in [6, 6.07) is 0. The van der Waals surface area contributed by atoms with Gasteiger partial charge in [-0.25, -0.2) is 0 Å². The number of rotatable bonds is 4. The minimum absolute atomic E-state index is 0.147. The molecule has 0 saturated carbocycles. The fourth-order valence-corrected chi connectivity index (χ4v) is 3.00. The minimum atomic E-state index is -1.76. The lowest BCUT2D eigenvalue weighted by Crippen LogP contribution is -2.47. The van der Waals surface area contributed by atoms with E-state index < -0.39 is 53.5 Å². The molecule has 8 nitrogen and oxygen atoms in total. The van der Waals surface area contributed by atoms with Crippen LogP contribution >= 0.6 is 23.2 Å². The molecule has 4 saturated heterocycles. The molecule has 4 bridgehead atoms. The molecule has 1 unspecified atom stereocenters. The van der Waals surface area contributed by atoms with Gasteiger partial charge in [-0.05, 0) is 0 Å². The highest BCUT2D eigenvalue weighted by atomic mass is 35.5. The lowest BCUT2D eigenvalue weighted by atomic mass is 10.1. The Bertz CT molecular complexity index is 486. The van der Waals surface area contributed by atoms with Gasteiger partial charge in [-0.3, -0.25) is 14.3 Å². The molecule has 4 heterocycles. The maximum Gasteiger partial charge on any atom is 0.318 e. The predicted octanol–water partition coefficient (Wildman–Crippen LogP) is 0.478. The molecular formula is C12H14Cl2O8. The molecule has 4 aliphatic rings. The molecule has 0 amide bonds. The molecule has 4 aliphatic heterocycles. The van der Waals surface area contributed by atoms with Crippen molar-refractivity contribution in [1.29, 1.82) is 0 Å². The summed E-state index contributed by atoms with van der Waals surface area (Å²) in [5, 5.41) is 0. The molecule has 0 aromatic heterocycles. The average molecular weight is 357 g/mol. The van der Waals surface area contributed by atoms with Crippen LogP contribution in [-0.4, -0.2) is 60.1 Å². The normalized spacial score (nSPS) is 42.5. The summed E-state index contributed by atoms with van der Waals surface area (Å²) in [5.41, 5.74) is 0. The number of hydrogen-bond acceptors (Lipinski definition) is 8. The largest absolute Gasteiger partial charge is 0.463 e. The first-order valence-electron chi connectivity index (χ1n) is 6.60. The summed E-state index contributed by atoms with van der Waals surface area (Å²) < 4.78 is 32.6. The number of fused-ring (bicyclic) bond motifs is 1. The van der Waals surface area contributed by atoms with E-state index in [1.54, 1.807) is 0 Å². The van der Waals surface area contributed by atoms with Crippen molar-refractivity contribution < 1.29 is 38.0 Å². The fourth-order valence-electron chi connectivity index (χ4n) is 2.69. The SMILES string of the molecule is CC(=O)OC[C@H]1OC2(C(Cl)Cl)O[C@@H]3O[C@H]1[C@H](OC(C)=O)[C@@H]3O2. The zero-order valence-electron chi connectivity index (χ0n) is 11.7. The molecular weight excluding hydrogens is 343 g/mol. The highest BCUT2D eigenvalue weighted by Gasteiger charge is 2.68. The number of ether oxygens (including phenoxy) is 6. The lowest BCUT2D eigenvalue weighted by molar-refractivity contribution is -0.342. The van der Waals surface area contributed by atoms with Crippen molar-refractivity contribution in [2.45, 2.75) is 55.4 Å². The van der Waals surface area contributed by atoms with Crippen molar-refractivity contribution in [2.24, 2.45) is 0 Å². The van der Waals surface area contributed by atoms with Crippen molar-refractivity contribution in [3.05, 3.63) is 0 Å². The van der Waals surface area contributed by atoms with Crippen LogP contribution in [0.2, 0.25) is 0 Å². The Morgan fingerprint density at radius 1 is 1.14 bits per heavy atom. The number of halogens is 2. The van der Waals surface area contributed by atoms with Crippen LogP contribution in [-0.2, 0) is 38.0 Å². The van der Waals surface area contributed by atoms with E-state index in [2.05, 4.69) is 0 Å². The summed E-state index contributed by atoms with van der Waals surface area (Å²) >= 11 is 11.8. The minimum Gasteiger partial charge on any atom is -0.463 e. The van der Waals surface area contributed by atoms with Crippen molar-refractivity contribution in [3.8, 4) is 0 Å². The van der Waals surface area contributed by atoms with Crippen molar-refractivity contribution in [1.82, 2.24) is 0 Å². The molecule has 4 rings (SSSR count). The van der Waals surface area contributed by atoms with E-state index in [0.717, 1.165) is 0 Å². The third kappa shape index (κ3) is 2.68. The van der Waals surface area contributed by atoms with Crippen LogP contribution in [0.4, 0.5) is 0 Å². The van der Waals surface area contributed by atoms with Crippen LogP contribution in [0.5, 0.6) is 0 Å². The Morgan fingerprint density at radius 2 is 1.86 bits per heavy atom. The van der Waals surface area contributed by atoms with Gasteiger partial charge in [-0.1, -0.05) is 23.2 Å². The first-order valence-corrected chi connectivity index (χ1v) is 7.47. The van der Waals surface area contributed by atoms with Gasteiger partial charge < -0.3 is 23.7 Å². The Kier molecular flexibility index (Phi) is 4.26. The molecule has 0 radical (unpaired) electrons. The Morgan fingerprint density at radius 3 is 2.45 bits per heavy atom. The van der Waals surface area contributed by atoms with Gasteiger partial charge in [0, 0.05) is 13.8 Å². The quantitative estimate of drug-likeness (QED) is 0.530. The average Bonchev–Trinajstić information content (AvgIpc) is 2.78. The van der Waals surface area contributed by atoms with Crippen molar-refractivity contribution in [3.63, 3.8) is 0 Å². The second-order valence-corrected chi connectivity index (χ2v) is 6.20. The zero-order valence-corrected chi connectivity index (χ0v) is 13.2. The van der Waals surface area contributed by atoms with E-state index in [9.17, 15) is 9.59 Å². The molecule has 6 atom stereocenters. The van der Waals surface area contributed by atoms with E-state index >= 15 is 0 Å². The van der Waals surface area contributed by atoms with E-state index in [-0.39, 0.29) is 6.61 Å². The van der Waals surface area contributed by atoms with Gasteiger partial charge in [0.25, 0.3) is 0 Å². The molecule has 4 fully saturated rings. The number of esters is 2. The molecule has 0 aromatic rings. The lowest BCUT2D eigenvalue weighted by Gasteiger charge is -2.30. The van der Waals surface area contributed by atoms with Gasteiger partial charge in [0.1, 0.15) is 18.8 Å². The summed E-state index contributed by atoms with van der Waals surface area (Å²) in [5.74, 6) is -2.77. The van der Waals surface area contributed by atoms with E-state index in [1.165, 1.54) is 13.8 Å². The van der Waals surface area contributed by atoms with Crippen LogP contribution in [0.1, 0.15) is 13.8 Å². The maximum absolute atomic E-state index is 11.3. The first-order chi connectivity index (χ1) is 10.3. The zero-order chi connectivity index (χ0) is 16.1. The topological polar surface area (TPSA) is 89.5 Å². The van der Waals surface area contributed by atoms with Crippen LogP contribution in [0, 0.1) is 0 Å². The number of carbonyl (C=O) groups is 2. The molecule has 22 heavy (non-hydrogen) atoms. The van der Waals surface area contributed by atoms with E-state index in [0.29, 0.717) is 0 Å². The van der Waals surface area contributed by atoms with Crippen molar-refractivity contribution in [2.75, 3.05) is 6.61 Å². The summed E-state index contributed by atoms with van der Waals surface area (Å²) in [6.07, 6.45) is -3.88. The fraction of sp³-hybridized carbons (Fsp3) is 0.833. The van der Waals surface area contributed by atoms with Gasteiger partial charge in [0.15, 0.2) is 23.3 Å². The molecule has 124 valence electrons. The number of alkyl halides is 2. The van der Waals surface area contributed by atoms with Gasteiger partial charge in [-0.2, -0.15) is 0 Å². The number of hydrogen-bond donors (Lipinski definition) is 0. The first kappa shape index (κ1) is 16.2. The van der Waals surface area contributed by atoms with Crippen LogP contribution in [0.3, 0.4) is 0 Å². The highest BCUT2D eigenvalue weighted by Crippen LogP contribution is 2.49. The van der Waals surface area contributed by atoms with Gasteiger partial charge in [-0.15, -0.1) is 0 Å². The third-order valence-corrected chi connectivity index (χ3v) is 4.02. The molecule has 0 N–H and O–H groups in total. The van der Waals surface area contributed by atoms with Gasteiger partial charge in [0.05, 0.1) is 0 Å². The molecule has 0 spiro atoms. The molecule has 0 aliphatic carbocycles. The third-order valence-electron chi connectivity index (χ3n) is 3.49. The monoisotopic (exact) mass is 356 g/mol. The van der Waals surface area contributed by atoms with Gasteiger partial charge in [0.2, 0.25) is 0 Å². The van der Waals surface area contributed by atoms with Crippen molar-refractivity contribution >= 4 is 35.1 Å². The van der Waals surface area contributed by atoms with Crippen LogP contribution in [0.15, 0.2) is 0 Å². The molecule has 10 heteroatoms. The van der Waals surface area contributed by atoms with Gasteiger partial charge >= 0.3 is 17.9 Å². The van der Waals surface area contributed by atoms with E-state index in [4.69, 9.17) is 51.6 Å². The van der Waals surface area contributed by atoms with Crippen LogP contribution < -0.4 is 0 Å². The number of carbonyl (C=O) groups excluding carboxylic acids is 2. The standard InChI is InChI=1S/C12H14Cl2O8/c1-4(15)17-3-6-7-8(18-5(2)16)9-10(19-7)22-12(20-6,21-9)11(13)14/h6-11H,3H2,1-2H3/t6-,7-,8+,9+,10+,12?/m1/s1. The summed E-state index contributed by atoms with van der Waals surface area (Å²) in [4.78, 5) is 21.1. The smallest absolute Gasteiger partial charge is 0.318 e. The Hall–Kier alpha value is -0.640. The van der Waals surface area contributed by atoms with E-state index in [1.807, 2.05) is 0 Å². The summed E-state index contributed by atoms with van der Waals surface area (Å²) in [7, 11) is 0. The highest BCUT2D eigenvalue weighted by molar-refractivity contribution is 6.44. The maximum atomic E-state index is 11.3. The summed E-state index contributed by atoms with van der Waals surface area (Å²) in [6.45, 7) is 2.37. The second-order valence-electron chi connectivity index (χ2n) is 5.11. The van der Waals surface area contributed by atoms with Crippen LogP contribution in [0.25, 0.3) is 0 Å². The molecule has 0 aromatic carbocycles. The Balaban J connectivity index is 1.87. The second kappa shape index (κ2) is 5.77. The Labute approximate surface area is 135 Å².